The molecule has 3 heteroatoms. The molecule has 1 aliphatic heterocycles. The summed E-state index contributed by atoms with van der Waals surface area (Å²) in [7, 11) is 0. The van der Waals surface area contributed by atoms with Crippen molar-refractivity contribution in [2.24, 2.45) is 0 Å². The highest BCUT2D eigenvalue weighted by atomic mass is 16.5. The van der Waals surface area contributed by atoms with Gasteiger partial charge in [0.25, 0.3) is 0 Å². The molecule has 0 radical (unpaired) electrons. The maximum Gasteiger partial charge on any atom is 0.213 e. The van der Waals surface area contributed by atoms with Gasteiger partial charge in [0.1, 0.15) is 6.61 Å². The number of aryl methyl sites for hydroxylation is 1. The molecule has 2 rings (SSSR count). The SMILES string of the molecule is CCc1ccc(OCCN2CCCC2)nc1. The first-order chi connectivity index (χ1) is 7.88. The zero-order valence-corrected chi connectivity index (χ0v) is 9.98. The van der Waals surface area contributed by atoms with Crippen molar-refractivity contribution >= 4 is 0 Å². The molecular formula is C13H20N2O. The lowest BCUT2D eigenvalue weighted by Crippen LogP contribution is -2.25. The Labute approximate surface area is 97.4 Å². The van der Waals surface area contributed by atoms with E-state index in [1.807, 2.05) is 12.3 Å². The lowest BCUT2D eigenvalue weighted by atomic mass is 10.2. The van der Waals surface area contributed by atoms with Crippen LogP contribution in [0.2, 0.25) is 0 Å². The van der Waals surface area contributed by atoms with Crippen molar-refractivity contribution in [3.05, 3.63) is 23.9 Å². The van der Waals surface area contributed by atoms with E-state index in [0.29, 0.717) is 0 Å². The minimum atomic E-state index is 0.747. The first-order valence-electron chi connectivity index (χ1n) is 6.18. The van der Waals surface area contributed by atoms with E-state index in [1.54, 1.807) is 0 Å². The van der Waals surface area contributed by atoms with E-state index in [1.165, 1.54) is 31.5 Å². The molecule has 0 amide bonds. The molecule has 88 valence electrons. The Morgan fingerprint density at radius 2 is 2.12 bits per heavy atom. The number of ether oxygens (including phenoxy) is 1. The number of aromatic nitrogens is 1. The quantitative estimate of drug-likeness (QED) is 0.760. The van der Waals surface area contributed by atoms with Crippen molar-refractivity contribution in [2.75, 3.05) is 26.2 Å². The molecule has 3 nitrogen and oxygen atoms in total. The van der Waals surface area contributed by atoms with Crippen LogP contribution in [0.3, 0.4) is 0 Å². The molecule has 0 atom stereocenters. The zero-order valence-electron chi connectivity index (χ0n) is 9.98. The molecule has 0 N–H and O–H groups in total. The first kappa shape index (κ1) is 11.4. The van der Waals surface area contributed by atoms with E-state index in [9.17, 15) is 0 Å². The van der Waals surface area contributed by atoms with Gasteiger partial charge in [-0.25, -0.2) is 4.98 Å². The van der Waals surface area contributed by atoms with Crippen molar-refractivity contribution in [1.29, 1.82) is 0 Å². The van der Waals surface area contributed by atoms with E-state index in [-0.39, 0.29) is 0 Å². The Hall–Kier alpha value is -1.09. The highest BCUT2D eigenvalue weighted by molar-refractivity contribution is 5.17. The second-order valence-electron chi connectivity index (χ2n) is 4.26. The minimum Gasteiger partial charge on any atom is -0.476 e. The van der Waals surface area contributed by atoms with Crippen molar-refractivity contribution in [2.45, 2.75) is 26.2 Å². The van der Waals surface area contributed by atoms with Gasteiger partial charge in [-0.1, -0.05) is 13.0 Å². The van der Waals surface area contributed by atoms with Gasteiger partial charge in [-0.3, -0.25) is 4.90 Å². The van der Waals surface area contributed by atoms with E-state index in [4.69, 9.17) is 4.74 Å². The van der Waals surface area contributed by atoms with Crippen molar-refractivity contribution in [1.82, 2.24) is 9.88 Å². The number of rotatable bonds is 5. The van der Waals surface area contributed by atoms with E-state index < -0.39 is 0 Å². The van der Waals surface area contributed by atoms with E-state index in [0.717, 1.165) is 25.5 Å². The Morgan fingerprint density at radius 1 is 1.31 bits per heavy atom. The number of pyridine rings is 1. The zero-order chi connectivity index (χ0) is 11.2. The Bertz CT molecular complexity index is 304. The molecule has 0 unspecified atom stereocenters. The molecule has 16 heavy (non-hydrogen) atoms. The average Bonchev–Trinajstić information content (AvgIpc) is 2.83. The van der Waals surface area contributed by atoms with Crippen LogP contribution < -0.4 is 4.74 Å². The molecule has 1 aromatic heterocycles. The van der Waals surface area contributed by atoms with Crippen LogP contribution in [-0.2, 0) is 6.42 Å². The molecule has 1 aliphatic rings. The maximum atomic E-state index is 5.61. The standard InChI is InChI=1S/C13H20N2O/c1-2-12-5-6-13(14-11-12)16-10-9-15-7-3-4-8-15/h5-6,11H,2-4,7-10H2,1H3. The Kier molecular flexibility index (Phi) is 4.17. The van der Waals surface area contributed by atoms with Crippen LogP contribution in [-0.4, -0.2) is 36.1 Å². The normalized spacial score (nSPS) is 16.6. The van der Waals surface area contributed by atoms with Gasteiger partial charge in [0.05, 0.1) is 0 Å². The van der Waals surface area contributed by atoms with Gasteiger partial charge in [-0.2, -0.15) is 0 Å². The van der Waals surface area contributed by atoms with Crippen LogP contribution in [0.25, 0.3) is 0 Å². The van der Waals surface area contributed by atoms with Gasteiger partial charge in [0.2, 0.25) is 5.88 Å². The fourth-order valence-electron chi connectivity index (χ4n) is 1.99. The van der Waals surface area contributed by atoms with Gasteiger partial charge in [0.15, 0.2) is 0 Å². The molecule has 0 spiro atoms. The van der Waals surface area contributed by atoms with E-state index in [2.05, 4.69) is 22.9 Å². The largest absolute Gasteiger partial charge is 0.476 e. The van der Waals surface area contributed by atoms with Gasteiger partial charge in [-0.05, 0) is 37.9 Å². The summed E-state index contributed by atoms with van der Waals surface area (Å²) in [5.74, 6) is 0.747. The fourth-order valence-corrected chi connectivity index (χ4v) is 1.99. The lowest BCUT2D eigenvalue weighted by molar-refractivity contribution is 0.232. The minimum absolute atomic E-state index is 0.747. The van der Waals surface area contributed by atoms with Gasteiger partial charge < -0.3 is 4.74 Å². The van der Waals surface area contributed by atoms with Crippen molar-refractivity contribution in [3.63, 3.8) is 0 Å². The van der Waals surface area contributed by atoms with Crippen LogP contribution in [0.1, 0.15) is 25.3 Å². The van der Waals surface area contributed by atoms with Crippen molar-refractivity contribution < 1.29 is 4.74 Å². The summed E-state index contributed by atoms with van der Waals surface area (Å²) in [6.45, 7) is 6.36. The summed E-state index contributed by atoms with van der Waals surface area (Å²) in [6, 6.07) is 4.04. The summed E-state index contributed by atoms with van der Waals surface area (Å²) < 4.78 is 5.61. The maximum absolute atomic E-state index is 5.61. The highest BCUT2D eigenvalue weighted by Crippen LogP contribution is 2.09. The van der Waals surface area contributed by atoms with Crippen LogP contribution >= 0.6 is 0 Å². The molecule has 0 saturated carbocycles. The fraction of sp³-hybridized carbons (Fsp3) is 0.615. The van der Waals surface area contributed by atoms with E-state index >= 15 is 0 Å². The van der Waals surface area contributed by atoms with Crippen LogP contribution in [0.5, 0.6) is 5.88 Å². The molecule has 1 fully saturated rings. The second kappa shape index (κ2) is 5.85. The third kappa shape index (κ3) is 3.20. The number of nitrogens with zero attached hydrogens (tertiary/aromatic N) is 2. The molecule has 1 aromatic rings. The monoisotopic (exact) mass is 220 g/mol. The first-order valence-corrected chi connectivity index (χ1v) is 6.18. The van der Waals surface area contributed by atoms with Crippen molar-refractivity contribution in [3.8, 4) is 5.88 Å². The number of hydrogen-bond acceptors (Lipinski definition) is 3. The summed E-state index contributed by atoms with van der Waals surface area (Å²) in [5.41, 5.74) is 1.26. The lowest BCUT2D eigenvalue weighted by Gasteiger charge is -2.14. The molecule has 2 heterocycles. The topological polar surface area (TPSA) is 25.4 Å². The van der Waals surface area contributed by atoms with Crippen LogP contribution in [0.4, 0.5) is 0 Å². The van der Waals surface area contributed by atoms with Crippen LogP contribution in [0.15, 0.2) is 18.3 Å². The number of hydrogen-bond donors (Lipinski definition) is 0. The van der Waals surface area contributed by atoms with Gasteiger partial charge >= 0.3 is 0 Å². The predicted octanol–water partition coefficient (Wildman–Crippen LogP) is 2.12. The third-order valence-corrected chi connectivity index (χ3v) is 3.06. The van der Waals surface area contributed by atoms with Crippen LogP contribution in [0, 0.1) is 0 Å². The molecule has 0 aliphatic carbocycles. The molecule has 0 aromatic carbocycles. The predicted molar refractivity (Wildman–Crippen MR) is 64.8 cm³/mol. The Morgan fingerprint density at radius 3 is 2.75 bits per heavy atom. The molecule has 0 bridgehead atoms. The van der Waals surface area contributed by atoms with Gasteiger partial charge in [0, 0.05) is 18.8 Å². The summed E-state index contributed by atoms with van der Waals surface area (Å²) in [6.07, 6.45) is 5.60. The second-order valence-corrected chi connectivity index (χ2v) is 4.26. The summed E-state index contributed by atoms with van der Waals surface area (Å²) in [4.78, 5) is 6.72. The average molecular weight is 220 g/mol. The number of likely N-dealkylation sites (tertiary alicyclic amines) is 1. The summed E-state index contributed by atoms with van der Waals surface area (Å²) >= 11 is 0. The molecular weight excluding hydrogens is 200 g/mol. The summed E-state index contributed by atoms with van der Waals surface area (Å²) in [5, 5.41) is 0. The smallest absolute Gasteiger partial charge is 0.213 e. The highest BCUT2D eigenvalue weighted by Gasteiger charge is 2.10. The Balaban J connectivity index is 1.71. The van der Waals surface area contributed by atoms with Gasteiger partial charge in [-0.15, -0.1) is 0 Å². The third-order valence-electron chi connectivity index (χ3n) is 3.06. The molecule has 1 saturated heterocycles.